The zero-order valence-corrected chi connectivity index (χ0v) is 17.3. The molecule has 3 aromatic rings. The summed E-state index contributed by atoms with van der Waals surface area (Å²) in [5.74, 6) is 0.232. The van der Waals surface area contributed by atoms with Crippen LogP contribution < -0.4 is 9.47 Å². The molecular formula is C24H22N2O5. The number of ketones is 1. The van der Waals surface area contributed by atoms with E-state index in [2.05, 4.69) is 6.07 Å². The maximum atomic E-state index is 12.7. The molecule has 0 aliphatic heterocycles. The third-order valence-corrected chi connectivity index (χ3v) is 4.74. The summed E-state index contributed by atoms with van der Waals surface area (Å²) < 4.78 is 17.4. The summed E-state index contributed by atoms with van der Waals surface area (Å²) in [7, 11) is 3.08. The first kappa shape index (κ1) is 21.7. The number of fused-ring (bicyclic) bond motifs is 1. The number of para-hydroxylation sites is 1. The van der Waals surface area contributed by atoms with Gasteiger partial charge in [0.05, 0.1) is 26.7 Å². The fourth-order valence-electron chi connectivity index (χ4n) is 3.20. The van der Waals surface area contributed by atoms with Gasteiger partial charge in [-0.15, -0.1) is 0 Å². The van der Waals surface area contributed by atoms with Crippen LogP contribution in [0.15, 0.2) is 54.7 Å². The van der Waals surface area contributed by atoms with Crippen molar-refractivity contribution in [1.29, 1.82) is 5.26 Å². The van der Waals surface area contributed by atoms with E-state index in [1.165, 1.54) is 13.2 Å². The van der Waals surface area contributed by atoms with Crippen LogP contribution in [0, 0.1) is 11.3 Å². The van der Waals surface area contributed by atoms with Crippen LogP contribution in [0.4, 0.5) is 0 Å². The van der Waals surface area contributed by atoms with Crippen LogP contribution >= 0.6 is 0 Å². The third kappa shape index (κ3) is 5.11. The van der Waals surface area contributed by atoms with E-state index in [4.69, 9.17) is 19.5 Å². The summed E-state index contributed by atoms with van der Waals surface area (Å²) in [6, 6.07) is 14.7. The van der Waals surface area contributed by atoms with E-state index in [9.17, 15) is 9.59 Å². The average molecular weight is 418 g/mol. The summed E-state index contributed by atoms with van der Waals surface area (Å²) in [6.07, 6.45) is 4.84. The Labute approximate surface area is 180 Å². The van der Waals surface area contributed by atoms with Crippen molar-refractivity contribution in [2.24, 2.45) is 0 Å². The van der Waals surface area contributed by atoms with Gasteiger partial charge in [-0.3, -0.25) is 4.79 Å². The number of aromatic nitrogens is 1. The van der Waals surface area contributed by atoms with Gasteiger partial charge < -0.3 is 18.8 Å². The molecule has 7 nitrogen and oxygen atoms in total. The van der Waals surface area contributed by atoms with Crippen molar-refractivity contribution in [2.75, 3.05) is 20.8 Å². The molecule has 0 aliphatic rings. The van der Waals surface area contributed by atoms with Crippen LogP contribution in [0.1, 0.15) is 22.3 Å². The molecule has 0 unspecified atom stereocenters. The number of nitriles is 1. The largest absolute Gasteiger partial charge is 0.497 e. The smallest absolute Gasteiger partial charge is 0.331 e. The van der Waals surface area contributed by atoms with Gasteiger partial charge in [-0.1, -0.05) is 18.2 Å². The molecule has 2 aromatic carbocycles. The molecule has 1 aromatic heterocycles. The molecular weight excluding hydrogens is 396 g/mol. The van der Waals surface area contributed by atoms with Crippen molar-refractivity contribution in [2.45, 2.75) is 13.0 Å². The van der Waals surface area contributed by atoms with Crippen LogP contribution in [0.2, 0.25) is 0 Å². The lowest BCUT2D eigenvalue weighted by molar-refractivity contribution is -0.136. The molecule has 0 radical (unpaired) electrons. The van der Waals surface area contributed by atoms with Crippen molar-refractivity contribution < 1.29 is 23.8 Å². The third-order valence-electron chi connectivity index (χ3n) is 4.74. The number of carbonyl (C=O) groups excluding carboxylic acids is 2. The number of esters is 1. The zero-order chi connectivity index (χ0) is 22.2. The molecule has 0 saturated carbocycles. The van der Waals surface area contributed by atoms with E-state index in [0.29, 0.717) is 35.6 Å². The number of carbonyl (C=O) groups is 2. The van der Waals surface area contributed by atoms with Gasteiger partial charge in [0.15, 0.2) is 6.61 Å². The van der Waals surface area contributed by atoms with Crippen LogP contribution in [0.5, 0.6) is 11.5 Å². The summed E-state index contributed by atoms with van der Waals surface area (Å²) in [5.41, 5.74) is 1.99. The minimum Gasteiger partial charge on any atom is -0.497 e. The number of Topliss-reactive ketones (excluding diaryl/α,β-unsaturated/α-hetero) is 1. The number of benzene rings is 2. The Balaban J connectivity index is 1.68. The Hall–Kier alpha value is -4.05. The predicted molar refractivity (Wildman–Crippen MR) is 116 cm³/mol. The Morgan fingerprint density at radius 3 is 2.68 bits per heavy atom. The molecule has 0 aliphatic carbocycles. The molecule has 3 rings (SSSR count). The Morgan fingerprint density at radius 1 is 1.13 bits per heavy atom. The van der Waals surface area contributed by atoms with Gasteiger partial charge in [0, 0.05) is 46.9 Å². The lowest BCUT2D eigenvalue weighted by atomic mass is 10.1. The minimum absolute atomic E-state index is 0.310. The number of methoxy groups -OCH3 is 2. The summed E-state index contributed by atoms with van der Waals surface area (Å²) >= 11 is 0. The molecule has 0 bridgehead atoms. The highest BCUT2D eigenvalue weighted by Gasteiger charge is 2.16. The van der Waals surface area contributed by atoms with Crippen molar-refractivity contribution in [3.05, 3.63) is 65.9 Å². The van der Waals surface area contributed by atoms with E-state index in [0.717, 1.165) is 10.9 Å². The number of ether oxygens (including phenoxy) is 3. The normalized spacial score (nSPS) is 10.7. The first-order valence-electron chi connectivity index (χ1n) is 9.62. The maximum Gasteiger partial charge on any atom is 0.331 e. The topological polar surface area (TPSA) is 90.5 Å². The van der Waals surface area contributed by atoms with Gasteiger partial charge in [-0.05, 0) is 24.3 Å². The minimum atomic E-state index is -0.639. The van der Waals surface area contributed by atoms with E-state index in [1.807, 2.05) is 28.8 Å². The molecule has 0 atom stereocenters. The van der Waals surface area contributed by atoms with Gasteiger partial charge in [0.2, 0.25) is 5.78 Å². The summed E-state index contributed by atoms with van der Waals surface area (Å²) in [4.78, 5) is 24.8. The highest BCUT2D eigenvalue weighted by Crippen LogP contribution is 2.26. The van der Waals surface area contributed by atoms with Gasteiger partial charge in [0.25, 0.3) is 0 Å². The Morgan fingerprint density at radius 2 is 1.94 bits per heavy atom. The molecule has 7 heteroatoms. The van der Waals surface area contributed by atoms with Crippen molar-refractivity contribution in [3.8, 4) is 17.6 Å². The SMILES string of the molecule is COc1ccc(/C=C/C(=O)OCC(=O)c2cn(CCC#N)c3ccccc23)c(OC)c1. The number of nitrogens with zero attached hydrogens (tertiary/aromatic N) is 2. The van der Waals surface area contributed by atoms with Crippen molar-refractivity contribution in [3.63, 3.8) is 0 Å². The standard InChI is InChI=1S/C24H22N2O5/c1-29-18-10-8-17(23(14-18)30-2)9-11-24(28)31-16-22(27)20-15-26(13-5-12-25)21-7-4-3-6-19(20)21/h3-4,6-11,14-15H,5,13,16H2,1-2H3/b11-9+. The van der Waals surface area contributed by atoms with Crippen LogP contribution in [0.3, 0.4) is 0 Å². The average Bonchev–Trinajstić information content (AvgIpc) is 3.18. The molecule has 0 amide bonds. The molecule has 1 heterocycles. The fourth-order valence-corrected chi connectivity index (χ4v) is 3.20. The first-order chi connectivity index (χ1) is 15.1. The van der Waals surface area contributed by atoms with Gasteiger partial charge in [-0.2, -0.15) is 5.26 Å². The van der Waals surface area contributed by atoms with Crippen LogP contribution in [-0.2, 0) is 16.1 Å². The molecule has 158 valence electrons. The van der Waals surface area contributed by atoms with Crippen LogP contribution in [-0.4, -0.2) is 37.1 Å². The van der Waals surface area contributed by atoms with Gasteiger partial charge in [0.1, 0.15) is 11.5 Å². The predicted octanol–water partition coefficient (Wildman–Crippen LogP) is 4.01. The number of hydrogen-bond donors (Lipinski definition) is 0. The van der Waals surface area contributed by atoms with Gasteiger partial charge >= 0.3 is 5.97 Å². The monoisotopic (exact) mass is 418 g/mol. The zero-order valence-electron chi connectivity index (χ0n) is 17.3. The molecule has 0 spiro atoms. The lowest BCUT2D eigenvalue weighted by Crippen LogP contribution is -2.12. The van der Waals surface area contributed by atoms with Crippen molar-refractivity contribution >= 4 is 28.7 Å². The maximum absolute atomic E-state index is 12.7. The number of aryl methyl sites for hydroxylation is 1. The van der Waals surface area contributed by atoms with E-state index in [-0.39, 0.29) is 12.4 Å². The molecule has 0 saturated heterocycles. The van der Waals surface area contributed by atoms with E-state index >= 15 is 0 Å². The first-order valence-corrected chi connectivity index (χ1v) is 9.62. The van der Waals surface area contributed by atoms with Crippen molar-refractivity contribution in [1.82, 2.24) is 4.57 Å². The Kier molecular flexibility index (Phi) is 7.07. The lowest BCUT2D eigenvalue weighted by Gasteiger charge is -2.07. The summed E-state index contributed by atoms with van der Waals surface area (Å²) in [5, 5.41) is 9.61. The second-order valence-electron chi connectivity index (χ2n) is 6.63. The quantitative estimate of drug-likeness (QED) is 0.296. The number of rotatable bonds is 9. The molecule has 31 heavy (non-hydrogen) atoms. The second-order valence-corrected chi connectivity index (χ2v) is 6.63. The fraction of sp³-hybridized carbons (Fsp3) is 0.208. The van der Waals surface area contributed by atoms with Gasteiger partial charge in [-0.25, -0.2) is 4.79 Å². The highest BCUT2D eigenvalue weighted by atomic mass is 16.5. The summed E-state index contributed by atoms with van der Waals surface area (Å²) in [6.45, 7) is 0.103. The number of hydrogen-bond acceptors (Lipinski definition) is 6. The van der Waals surface area contributed by atoms with Crippen LogP contribution in [0.25, 0.3) is 17.0 Å². The second kappa shape index (κ2) is 10.1. The van der Waals surface area contributed by atoms with E-state index < -0.39 is 5.97 Å². The molecule has 0 N–H and O–H groups in total. The highest BCUT2D eigenvalue weighted by molar-refractivity contribution is 6.09. The Bertz CT molecular complexity index is 1170. The van der Waals surface area contributed by atoms with E-state index in [1.54, 1.807) is 37.6 Å². The molecule has 0 fully saturated rings.